The van der Waals surface area contributed by atoms with Gasteiger partial charge in [0.1, 0.15) is 12.4 Å². The molecule has 0 unspecified atom stereocenters. The zero-order valence-electron chi connectivity index (χ0n) is 9.97. The molecule has 3 N–H and O–H groups in total. The van der Waals surface area contributed by atoms with Crippen LogP contribution in [0.15, 0.2) is 42.7 Å². The minimum Gasteiger partial charge on any atom is -0.487 e. The molecule has 98 valence electrons. The molecule has 6 heteroatoms. The van der Waals surface area contributed by atoms with Crippen molar-refractivity contribution in [2.24, 2.45) is 5.84 Å². The normalized spacial score (nSPS) is 10.0. The van der Waals surface area contributed by atoms with Gasteiger partial charge in [-0.15, -0.1) is 0 Å². The Balaban J connectivity index is 2.05. The highest BCUT2D eigenvalue weighted by Gasteiger charge is 2.04. The lowest BCUT2D eigenvalue weighted by Crippen LogP contribution is -2.30. The molecule has 0 radical (unpaired) electrons. The molecule has 0 saturated heterocycles. The Hall–Kier alpha value is -2.11. The van der Waals surface area contributed by atoms with Gasteiger partial charge in [0.2, 0.25) is 0 Å². The van der Waals surface area contributed by atoms with E-state index in [1.165, 1.54) is 6.20 Å². The van der Waals surface area contributed by atoms with Gasteiger partial charge in [0, 0.05) is 17.8 Å². The minimum absolute atomic E-state index is 0.313. The van der Waals surface area contributed by atoms with Crippen molar-refractivity contribution < 1.29 is 9.53 Å². The number of halogens is 1. The lowest BCUT2D eigenvalue weighted by Gasteiger charge is -2.07. The molecule has 0 saturated carbocycles. The van der Waals surface area contributed by atoms with Gasteiger partial charge >= 0.3 is 0 Å². The molecule has 0 fully saturated rings. The number of carbonyl (C=O) groups is 1. The number of benzene rings is 1. The molecule has 5 nitrogen and oxygen atoms in total. The number of carbonyl (C=O) groups excluding carboxylic acids is 1. The van der Waals surface area contributed by atoms with E-state index < -0.39 is 0 Å². The summed E-state index contributed by atoms with van der Waals surface area (Å²) in [5.41, 5.74) is 3.41. The fourth-order valence-electron chi connectivity index (χ4n) is 1.52. The second kappa shape index (κ2) is 6.17. The Bertz CT molecular complexity index is 590. The smallest absolute Gasteiger partial charge is 0.265 e. The topological polar surface area (TPSA) is 77.2 Å². The van der Waals surface area contributed by atoms with Gasteiger partial charge in [-0.1, -0.05) is 23.7 Å². The van der Waals surface area contributed by atoms with Crippen molar-refractivity contribution in [2.45, 2.75) is 6.61 Å². The third-order valence-corrected chi connectivity index (χ3v) is 2.61. The van der Waals surface area contributed by atoms with E-state index in [-0.39, 0.29) is 5.91 Å². The van der Waals surface area contributed by atoms with Crippen LogP contribution < -0.4 is 16.0 Å². The van der Waals surface area contributed by atoms with Crippen LogP contribution in [0.2, 0.25) is 5.02 Å². The highest BCUT2D eigenvalue weighted by Crippen LogP contribution is 2.17. The van der Waals surface area contributed by atoms with Gasteiger partial charge in [-0.3, -0.25) is 15.2 Å². The van der Waals surface area contributed by atoms with E-state index in [0.717, 1.165) is 5.56 Å². The first-order valence-corrected chi connectivity index (χ1v) is 5.90. The van der Waals surface area contributed by atoms with Crippen molar-refractivity contribution in [3.05, 3.63) is 58.9 Å². The van der Waals surface area contributed by atoms with Crippen LogP contribution in [-0.4, -0.2) is 10.9 Å². The fraction of sp³-hybridized carbons (Fsp3) is 0.0769. The Morgan fingerprint density at radius 2 is 2.21 bits per heavy atom. The Morgan fingerprint density at radius 1 is 1.37 bits per heavy atom. The zero-order chi connectivity index (χ0) is 13.7. The third-order valence-electron chi connectivity index (χ3n) is 2.41. The highest BCUT2D eigenvalue weighted by atomic mass is 35.5. The molecule has 0 aliphatic heterocycles. The van der Waals surface area contributed by atoms with E-state index in [0.29, 0.717) is 22.9 Å². The van der Waals surface area contributed by atoms with E-state index in [4.69, 9.17) is 22.2 Å². The summed E-state index contributed by atoms with van der Waals surface area (Å²) in [6.07, 6.45) is 3.10. The summed E-state index contributed by atoms with van der Waals surface area (Å²) in [6, 6.07) is 8.67. The summed E-state index contributed by atoms with van der Waals surface area (Å²) in [7, 11) is 0. The number of nitrogens with zero attached hydrogens (tertiary/aromatic N) is 1. The van der Waals surface area contributed by atoms with Crippen molar-refractivity contribution in [3.63, 3.8) is 0 Å². The molecule has 0 spiro atoms. The van der Waals surface area contributed by atoms with Gasteiger partial charge in [0.15, 0.2) is 0 Å². The monoisotopic (exact) mass is 277 g/mol. The predicted octanol–water partition coefficient (Wildman–Crippen LogP) is 1.92. The predicted molar refractivity (Wildman–Crippen MR) is 71.7 cm³/mol. The van der Waals surface area contributed by atoms with Gasteiger partial charge in [-0.2, -0.15) is 0 Å². The van der Waals surface area contributed by atoms with Crippen molar-refractivity contribution in [1.29, 1.82) is 0 Å². The summed E-state index contributed by atoms with van der Waals surface area (Å²) >= 11 is 5.80. The van der Waals surface area contributed by atoms with Gasteiger partial charge in [-0.25, -0.2) is 5.84 Å². The molecular weight excluding hydrogens is 266 g/mol. The molecule has 2 rings (SSSR count). The van der Waals surface area contributed by atoms with Crippen LogP contribution in [0.3, 0.4) is 0 Å². The van der Waals surface area contributed by atoms with E-state index in [1.807, 2.05) is 6.07 Å². The zero-order valence-corrected chi connectivity index (χ0v) is 10.7. The molecule has 19 heavy (non-hydrogen) atoms. The summed E-state index contributed by atoms with van der Waals surface area (Å²) in [6.45, 7) is 0.313. The first-order chi connectivity index (χ1) is 9.19. The lowest BCUT2D eigenvalue weighted by molar-refractivity contribution is 0.0953. The first kappa shape index (κ1) is 13.3. The van der Waals surface area contributed by atoms with Crippen LogP contribution in [0.1, 0.15) is 15.9 Å². The maximum absolute atomic E-state index is 11.4. The number of aromatic nitrogens is 1. The number of amides is 1. The molecule has 2 aromatic rings. The summed E-state index contributed by atoms with van der Waals surface area (Å²) in [5.74, 6) is 5.31. The van der Waals surface area contributed by atoms with E-state index in [1.54, 1.807) is 30.5 Å². The maximum Gasteiger partial charge on any atom is 0.265 e. The Kier molecular flexibility index (Phi) is 4.33. The number of rotatable bonds is 4. The molecule has 0 atom stereocenters. The molecule has 1 heterocycles. The number of hydrogen-bond acceptors (Lipinski definition) is 4. The van der Waals surface area contributed by atoms with Crippen molar-refractivity contribution in [2.75, 3.05) is 0 Å². The van der Waals surface area contributed by atoms with Crippen molar-refractivity contribution in [3.8, 4) is 5.75 Å². The number of hydrogen-bond donors (Lipinski definition) is 2. The lowest BCUT2D eigenvalue weighted by atomic mass is 10.1. The van der Waals surface area contributed by atoms with Crippen LogP contribution in [0, 0.1) is 0 Å². The second-order valence-corrected chi connectivity index (χ2v) is 4.24. The minimum atomic E-state index is -0.341. The number of nitrogens with one attached hydrogen (secondary N) is 1. The molecular formula is C13H12ClN3O2. The van der Waals surface area contributed by atoms with Crippen LogP contribution in [0.4, 0.5) is 0 Å². The van der Waals surface area contributed by atoms with Crippen LogP contribution in [0.25, 0.3) is 0 Å². The molecule has 1 aromatic heterocycles. The molecule has 0 aliphatic carbocycles. The number of hydrazine groups is 1. The molecule has 0 aliphatic rings. The van der Waals surface area contributed by atoms with Crippen molar-refractivity contribution in [1.82, 2.24) is 10.4 Å². The fourth-order valence-corrected chi connectivity index (χ4v) is 1.69. The molecule has 1 aromatic carbocycles. The van der Waals surface area contributed by atoms with E-state index >= 15 is 0 Å². The van der Waals surface area contributed by atoms with Gasteiger partial charge in [0.05, 0.1) is 11.2 Å². The number of pyridine rings is 1. The van der Waals surface area contributed by atoms with Crippen molar-refractivity contribution >= 4 is 17.5 Å². The average molecular weight is 278 g/mol. The number of ether oxygens (including phenoxy) is 1. The third kappa shape index (κ3) is 3.67. The largest absolute Gasteiger partial charge is 0.487 e. The van der Waals surface area contributed by atoms with Crippen LogP contribution in [-0.2, 0) is 6.61 Å². The maximum atomic E-state index is 11.4. The van der Waals surface area contributed by atoms with E-state index in [9.17, 15) is 4.79 Å². The number of nitrogens with two attached hydrogens (primary N) is 1. The summed E-state index contributed by atoms with van der Waals surface area (Å²) in [5, 5.41) is 0.508. The van der Waals surface area contributed by atoms with Gasteiger partial charge in [-0.05, 0) is 17.7 Å². The SMILES string of the molecule is NNC(=O)c1cccc(COc2cncc(Cl)c2)c1. The number of nitrogen functional groups attached to an aromatic ring is 1. The van der Waals surface area contributed by atoms with Crippen LogP contribution in [0.5, 0.6) is 5.75 Å². The summed E-state index contributed by atoms with van der Waals surface area (Å²) < 4.78 is 5.53. The second-order valence-electron chi connectivity index (χ2n) is 3.80. The molecule has 1 amide bonds. The average Bonchev–Trinajstić information content (AvgIpc) is 2.45. The molecule has 0 bridgehead atoms. The first-order valence-electron chi connectivity index (χ1n) is 5.52. The van der Waals surface area contributed by atoms with Gasteiger partial charge < -0.3 is 4.74 Å². The Morgan fingerprint density at radius 3 is 2.95 bits per heavy atom. The summed E-state index contributed by atoms with van der Waals surface area (Å²) in [4.78, 5) is 15.3. The van der Waals surface area contributed by atoms with Crippen LogP contribution >= 0.6 is 11.6 Å². The van der Waals surface area contributed by atoms with E-state index in [2.05, 4.69) is 10.4 Å². The van der Waals surface area contributed by atoms with Gasteiger partial charge in [0.25, 0.3) is 5.91 Å². The highest BCUT2D eigenvalue weighted by molar-refractivity contribution is 6.30. The Labute approximate surface area is 115 Å². The quantitative estimate of drug-likeness (QED) is 0.508. The standard InChI is InChI=1S/C13H12ClN3O2/c14-11-5-12(7-16-6-11)19-8-9-2-1-3-10(4-9)13(18)17-15/h1-7H,8,15H2,(H,17,18).